The van der Waals surface area contributed by atoms with Gasteiger partial charge in [0.05, 0.1) is 0 Å². The fraction of sp³-hybridized carbons (Fsp3) is 0.0769. The topological polar surface area (TPSA) is 39.2 Å². The fourth-order valence-electron chi connectivity index (χ4n) is 1.42. The van der Waals surface area contributed by atoms with Gasteiger partial charge in [-0.05, 0) is 17.7 Å². The molecule has 0 amide bonds. The summed E-state index contributed by atoms with van der Waals surface area (Å²) in [5, 5.41) is 0.504. The van der Waals surface area contributed by atoms with Crippen molar-refractivity contribution >= 4 is 17.6 Å². The second-order valence-electron chi connectivity index (χ2n) is 3.80. The predicted octanol–water partition coefficient (Wildman–Crippen LogP) is 3.51. The van der Waals surface area contributed by atoms with Crippen molar-refractivity contribution in [2.75, 3.05) is 0 Å². The van der Waals surface area contributed by atoms with Crippen molar-refractivity contribution in [3.05, 3.63) is 64.2 Å². The summed E-state index contributed by atoms with van der Waals surface area (Å²) in [7, 11) is 0. The second-order valence-corrected chi connectivity index (χ2v) is 4.24. The number of pyridine rings is 1. The van der Waals surface area contributed by atoms with Gasteiger partial charge in [-0.15, -0.1) is 0 Å². The van der Waals surface area contributed by atoms with Gasteiger partial charge in [0.1, 0.15) is 12.2 Å². The SMILES string of the molecule is O=C(OCc1ccc(Cl)cc1)c1cc(F)nc(F)c1F. The van der Waals surface area contributed by atoms with Crippen LogP contribution in [0.5, 0.6) is 0 Å². The van der Waals surface area contributed by atoms with Gasteiger partial charge in [0.25, 0.3) is 5.95 Å². The molecule has 7 heteroatoms. The Kier molecular flexibility index (Phi) is 4.24. The Bertz CT molecular complexity index is 647. The average molecular weight is 302 g/mol. The molecule has 0 atom stereocenters. The van der Waals surface area contributed by atoms with E-state index < -0.39 is 29.2 Å². The normalized spacial score (nSPS) is 10.4. The second kappa shape index (κ2) is 5.92. The van der Waals surface area contributed by atoms with Crippen LogP contribution in [0.4, 0.5) is 13.2 Å². The molecular formula is C13H7ClF3NO2. The van der Waals surface area contributed by atoms with Crippen LogP contribution in [0.3, 0.4) is 0 Å². The number of benzene rings is 1. The van der Waals surface area contributed by atoms with Crippen LogP contribution in [-0.4, -0.2) is 11.0 Å². The van der Waals surface area contributed by atoms with E-state index in [9.17, 15) is 18.0 Å². The molecule has 0 radical (unpaired) electrons. The number of halogens is 4. The number of esters is 1. The number of ether oxygens (including phenoxy) is 1. The largest absolute Gasteiger partial charge is 0.457 e. The molecule has 0 saturated heterocycles. The van der Waals surface area contributed by atoms with Crippen molar-refractivity contribution < 1.29 is 22.7 Å². The molecule has 1 aromatic heterocycles. The van der Waals surface area contributed by atoms with E-state index >= 15 is 0 Å². The predicted molar refractivity (Wildman–Crippen MR) is 64.7 cm³/mol. The molecule has 20 heavy (non-hydrogen) atoms. The minimum atomic E-state index is -1.69. The molecule has 0 fully saturated rings. The van der Waals surface area contributed by atoms with Crippen molar-refractivity contribution in [1.82, 2.24) is 4.98 Å². The van der Waals surface area contributed by atoms with Gasteiger partial charge in [-0.2, -0.15) is 13.8 Å². The van der Waals surface area contributed by atoms with Crippen molar-refractivity contribution in [2.45, 2.75) is 6.61 Å². The third kappa shape index (κ3) is 3.27. The summed E-state index contributed by atoms with van der Waals surface area (Å²) in [5.74, 6) is -5.73. The van der Waals surface area contributed by atoms with Crippen LogP contribution in [-0.2, 0) is 11.3 Å². The Morgan fingerprint density at radius 1 is 1.20 bits per heavy atom. The van der Waals surface area contributed by atoms with E-state index in [1.165, 1.54) is 0 Å². The Morgan fingerprint density at radius 2 is 1.85 bits per heavy atom. The van der Waals surface area contributed by atoms with E-state index in [2.05, 4.69) is 4.98 Å². The van der Waals surface area contributed by atoms with Crippen molar-refractivity contribution in [3.63, 3.8) is 0 Å². The molecule has 0 aliphatic rings. The van der Waals surface area contributed by atoms with Crippen LogP contribution in [0.2, 0.25) is 5.02 Å². The lowest BCUT2D eigenvalue weighted by molar-refractivity contribution is 0.0464. The van der Waals surface area contributed by atoms with Gasteiger partial charge in [0, 0.05) is 11.1 Å². The Hall–Kier alpha value is -2.08. The molecule has 0 bridgehead atoms. The number of carbonyl (C=O) groups excluding carboxylic acids is 1. The average Bonchev–Trinajstić information content (AvgIpc) is 2.42. The van der Waals surface area contributed by atoms with Crippen molar-refractivity contribution in [2.24, 2.45) is 0 Å². The number of aromatic nitrogens is 1. The van der Waals surface area contributed by atoms with E-state index in [0.29, 0.717) is 16.7 Å². The number of carbonyl (C=O) groups is 1. The highest BCUT2D eigenvalue weighted by Gasteiger charge is 2.20. The van der Waals surface area contributed by atoms with Gasteiger partial charge < -0.3 is 4.74 Å². The molecule has 1 heterocycles. The first kappa shape index (κ1) is 14.3. The van der Waals surface area contributed by atoms with Crippen molar-refractivity contribution in [1.29, 1.82) is 0 Å². The summed E-state index contributed by atoms with van der Waals surface area (Å²) in [4.78, 5) is 14.2. The Balaban J connectivity index is 2.11. The summed E-state index contributed by atoms with van der Waals surface area (Å²) in [6, 6.07) is 6.83. The first-order valence-electron chi connectivity index (χ1n) is 5.40. The molecule has 0 unspecified atom stereocenters. The highest BCUT2D eigenvalue weighted by Crippen LogP contribution is 2.15. The lowest BCUT2D eigenvalue weighted by atomic mass is 10.2. The van der Waals surface area contributed by atoms with Gasteiger partial charge >= 0.3 is 5.97 Å². The summed E-state index contributed by atoms with van der Waals surface area (Å²) in [6.07, 6.45) is 0. The van der Waals surface area contributed by atoms with E-state index in [0.717, 1.165) is 0 Å². The zero-order valence-corrected chi connectivity index (χ0v) is 10.6. The first-order chi connectivity index (χ1) is 9.47. The summed E-state index contributed by atoms with van der Waals surface area (Å²) in [5.41, 5.74) is -0.248. The highest BCUT2D eigenvalue weighted by molar-refractivity contribution is 6.30. The molecule has 2 rings (SSSR count). The monoisotopic (exact) mass is 301 g/mol. The quantitative estimate of drug-likeness (QED) is 0.643. The minimum absolute atomic E-state index is 0.180. The maximum atomic E-state index is 13.3. The lowest BCUT2D eigenvalue weighted by Crippen LogP contribution is -2.11. The molecule has 1 aromatic carbocycles. The molecule has 3 nitrogen and oxygen atoms in total. The molecule has 2 aromatic rings. The van der Waals surface area contributed by atoms with Gasteiger partial charge in [-0.3, -0.25) is 0 Å². The fourth-order valence-corrected chi connectivity index (χ4v) is 1.55. The zero-order chi connectivity index (χ0) is 14.7. The van der Waals surface area contributed by atoms with Crippen molar-refractivity contribution in [3.8, 4) is 0 Å². The molecule has 0 saturated carbocycles. The van der Waals surface area contributed by atoms with Gasteiger partial charge in [0.2, 0.25) is 5.95 Å². The van der Waals surface area contributed by atoms with Gasteiger partial charge in [-0.1, -0.05) is 23.7 Å². The minimum Gasteiger partial charge on any atom is -0.457 e. The van der Waals surface area contributed by atoms with E-state index in [1.54, 1.807) is 24.3 Å². The summed E-state index contributed by atoms with van der Waals surface area (Å²) in [6.45, 7) is -0.180. The van der Waals surface area contributed by atoms with Crippen LogP contribution in [0.1, 0.15) is 15.9 Å². The Labute approximate surface area is 117 Å². The molecule has 0 spiro atoms. The van der Waals surface area contributed by atoms with E-state index in [1.807, 2.05) is 0 Å². The maximum Gasteiger partial charge on any atom is 0.341 e. The van der Waals surface area contributed by atoms with Gasteiger partial charge in [-0.25, -0.2) is 9.18 Å². The summed E-state index contributed by atoms with van der Waals surface area (Å²) >= 11 is 5.68. The standard InChI is InChI=1S/C13H7ClF3NO2/c14-8-3-1-7(2-4-8)6-20-13(19)9-5-10(15)18-12(17)11(9)16/h1-5H,6H2. The van der Waals surface area contributed by atoms with Crippen LogP contribution >= 0.6 is 11.6 Å². The third-order valence-electron chi connectivity index (χ3n) is 2.39. The van der Waals surface area contributed by atoms with Crippen LogP contribution in [0, 0.1) is 17.7 Å². The van der Waals surface area contributed by atoms with Crippen LogP contribution < -0.4 is 0 Å². The Morgan fingerprint density at radius 3 is 2.50 bits per heavy atom. The molecule has 0 aliphatic heterocycles. The zero-order valence-electron chi connectivity index (χ0n) is 9.87. The maximum absolute atomic E-state index is 13.3. The number of hydrogen-bond acceptors (Lipinski definition) is 3. The number of rotatable bonds is 3. The highest BCUT2D eigenvalue weighted by atomic mass is 35.5. The van der Waals surface area contributed by atoms with E-state index in [-0.39, 0.29) is 6.61 Å². The van der Waals surface area contributed by atoms with E-state index in [4.69, 9.17) is 16.3 Å². The smallest absolute Gasteiger partial charge is 0.341 e. The molecule has 0 aliphatic carbocycles. The third-order valence-corrected chi connectivity index (χ3v) is 2.64. The molecule has 0 N–H and O–H groups in total. The van der Waals surface area contributed by atoms with Crippen LogP contribution in [0.25, 0.3) is 0 Å². The number of hydrogen-bond donors (Lipinski definition) is 0. The lowest BCUT2D eigenvalue weighted by Gasteiger charge is -2.06. The van der Waals surface area contributed by atoms with Gasteiger partial charge in [0.15, 0.2) is 5.82 Å². The van der Waals surface area contributed by atoms with Crippen LogP contribution in [0.15, 0.2) is 30.3 Å². The molecular weight excluding hydrogens is 295 g/mol. The molecule has 104 valence electrons. The first-order valence-corrected chi connectivity index (χ1v) is 5.78. The summed E-state index contributed by atoms with van der Waals surface area (Å²) < 4.78 is 43.7. The number of nitrogens with zero attached hydrogens (tertiary/aromatic N) is 1.